The van der Waals surface area contributed by atoms with Gasteiger partial charge in [0.1, 0.15) is 30.8 Å². The Hall–Kier alpha value is -2.08. The maximum absolute atomic E-state index is 10.4. The summed E-state index contributed by atoms with van der Waals surface area (Å²) >= 11 is 0. The lowest BCUT2D eigenvalue weighted by Crippen LogP contribution is -2.33. The lowest BCUT2D eigenvalue weighted by atomic mass is 10.1. The minimum absolute atomic E-state index is 0.286. The fourth-order valence-electron chi connectivity index (χ4n) is 4.15. The summed E-state index contributed by atoms with van der Waals surface area (Å²) in [5.41, 5.74) is 3.49. The second-order valence-corrected chi connectivity index (χ2v) is 8.83. The molecular formula is C26H38N2O3. The number of piperidine rings is 1. The monoisotopic (exact) mass is 426 g/mol. The van der Waals surface area contributed by atoms with Crippen molar-refractivity contribution in [1.82, 2.24) is 9.80 Å². The molecule has 1 heterocycles. The van der Waals surface area contributed by atoms with E-state index in [1.54, 1.807) is 0 Å². The maximum Gasteiger partial charge on any atom is 0.122 e. The number of hydrogen-bond donors (Lipinski definition) is 1. The Morgan fingerprint density at radius 3 is 2.61 bits per heavy atom. The number of aryl methyl sites for hydroxylation is 2. The number of nitrogens with zero attached hydrogens (tertiary/aromatic N) is 2. The summed E-state index contributed by atoms with van der Waals surface area (Å²) < 4.78 is 11.8. The highest BCUT2D eigenvalue weighted by Gasteiger charge is 2.12. The van der Waals surface area contributed by atoms with Crippen LogP contribution >= 0.6 is 0 Å². The van der Waals surface area contributed by atoms with Gasteiger partial charge in [0.25, 0.3) is 0 Å². The van der Waals surface area contributed by atoms with Crippen molar-refractivity contribution in [2.75, 3.05) is 46.4 Å². The Morgan fingerprint density at radius 1 is 1.03 bits per heavy atom. The molecule has 0 amide bonds. The molecule has 0 aromatic heterocycles. The van der Waals surface area contributed by atoms with Crippen molar-refractivity contribution < 1.29 is 14.6 Å². The highest BCUT2D eigenvalue weighted by Crippen LogP contribution is 2.19. The minimum atomic E-state index is -0.547. The van der Waals surface area contributed by atoms with E-state index >= 15 is 0 Å². The molecular weight excluding hydrogens is 388 g/mol. The van der Waals surface area contributed by atoms with Crippen molar-refractivity contribution in [2.45, 2.75) is 45.8 Å². The molecule has 31 heavy (non-hydrogen) atoms. The number of aliphatic hydroxyl groups excluding tert-OH is 1. The summed E-state index contributed by atoms with van der Waals surface area (Å²) in [7, 11) is 2.02. The van der Waals surface area contributed by atoms with Crippen molar-refractivity contribution >= 4 is 0 Å². The van der Waals surface area contributed by atoms with Crippen LogP contribution in [0.3, 0.4) is 0 Å². The molecule has 1 saturated heterocycles. The number of rotatable bonds is 11. The first-order valence-corrected chi connectivity index (χ1v) is 11.5. The molecule has 1 fully saturated rings. The van der Waals surface area contributed by atoms with E-state index in [-0.39, 0.29) is 6.61 Å². The summed E-state index contributed by atoms with van der Waals surface area (Å²) in [4.78, 5) is 4.60. The molecule has 2 aromatic rings. The Bertz CT molecular complexity index is 805. The van der Waals surface area contributed by atoms with E-state index in [9.17, 15) is 5.11 Å². The first-order valence-electron chi connectivity index (χ1n) is 11.5. The van der Waals surface area contributed by atoms with E-state index in [2.05, 4.69) is 34.9 Å². The summed E-state index contributed by atoms with van der Waals surface area (Å²) in [6, 6.07) is 14.4. The summed E-state index contributed by atoms with van der Waals surface area (Å²) in [5, 5.41) is 10.4. The standard InChI is InChI=1S/C26H38N2O3/c1-21-10-11-26(22(2)16-21)31-20-24(29)19-27(3)18-23-8-7-9-25(17-23)30-15-14-28-12-5-4-6-13-28/h7-11,16-17,24,29H,4-6,12-15,18-20H2,1-3H3/t24-/m1/s1. The quantitative estimate of drug-likeness (QED) is 0.588. The van der Waals surface area contributed by atoms with Crippen LogP contribution in [0.25, 0.3) is 0 Å². The van der Waals surface area contributed by atoms with Gasteiger partial charge in [-0.3, -0.25) is 9.80 Å². The number of aliphatic hydroxyl groups is 1. The van der Waals surface area contributed by atoms with E-state index in [0.717, 1.165) is 36.8 Å². The molecule has 0 saturated carbocycles. The van der Waals surface area contributed by atoms with Crippen LogP contribution in [0.15, 0.2) is 42.5 Å². The second-order valence-electron chi connectivity index (χ2n) is 8.83. The highest BCUT2D eigenvalue weighted by atomic mass is 16.5. The third kappa shape index (κ3) is 8.17. The lowest BCUT2D eigenvalue weighted by Gasteiger charge is -2.26. The van der Waals surface area contributed by atoms with Gasteiger partial charge in [0.05, 0.1) is 0 Å². The molecule has 0 bridgehead atoms. The van der Waals surface area contributed by atoms with Gasteiger partial charge in [0, 0.05) is 19.6 Å². The fourth-order valence-corrected chi connectivity index (χ4v) is 4.15. The molecule has 0 aliphatic carbocycles. The van der Waals surface area contributed by atoms with Gasteiger partial charge < -0.3 is 14.6 Å². The van der Waals surface area contributed by atoms with Gasteiger partial charge in [0.2, 0.25) is 0 Å². The van der Waals surface area contributed by atoms with Gasteiger partial charge in [0.15, 0.2) is 0 Å². The van der Waals surface area contributed by atoms with Crippen LogP contribution in [-0.2, 0) is 6.54 Å². The van der Waals surface area contributed by atoms with Gasteiger partial charge >= 0.3 is 0 Å². The SMILES string of the molecule is Cc1ccc(OC[C@H](O)CN(C)Cc2cccc(OCCN3CCCCC3)c2)c(C)c1. The highest BCUT2D eigenvalue weighted by molar-refractivity contribution is 5.35. The van der Waals surface area contributed by atoms with Crippen LogP contribution in [0.1, 0.15) is 36.0 Å². The zero-order chi connectivity index (χ0) is 22.1. The van der Waals surface area contributed by atoms with Crippen LogP contribution in [0, 0.1) is 13.8 Å². The molecule has 2 aromatic carbocycles. The van der Waals surface area contributed by atoms with Crippen molar-refractivity contribution in [3.8, 4) is 11.5 Å². The van der Waals surface area contributed by atoms with E-state index in [1.165, 1.54) is 43.5 Å². The van der Waals surface area contributed by atoms with E-state index in [4.69, 9.17) is 9.47 Å². The number of benzene rings is 2. The fraction of sp³-hybridized carbons (Fsp3) is 0.538. The van der Waals surface area contributed by atoms with E-state index < -0.39 is 6.10 Å². The zero-order valence-electron chi connectivity index (χ0n) is 19.3. The smallest absolute Gasteiger partial charge is 0.122 e. The predicted octanol–water partition coefficient (Wildman–Crippen LogP) is 4.04. The third-order valence-corrected chi connectivity index (χ3v) is 5.76. The van der Waals surface area contributed by atoms with Gasteiger partial charge in [-0.2, -0.15) is 0 Å². The average molecular weight is 427 g/mol. The molecule has 1 aliphatic rings. The summed E-state index contributed by atoms with van der Waals surface area (Å²) in [6.45, 7) is 9.80. The van der Waals surface area contributed by atoms with Crippen molar-refractivity contribution in [2.24, 2.45) is 0 Å². The van der Waals surface area contributed by atoms with E-state index in [0.29, 0.717) is 6.54 Å². The third-order valence-electron chi connectivity index (χ3n) is 5.76. The second kappa shape index (κ2) is 12.1. The number of ether oxygens (including phenoxy) is 2. The molecule has 1 N–H and O–H groups in total. The first-order chi connectivity index (χ1) is 15.0. The molecule has 0 spiro atoms. The lowest BCUT2D eigenvalue weighted by molar-refractivity contribution is 0.0741. The average Bonchev–Trinajstić information content (AvgIpc) is 2.74. The number of likely N-dealkylation sites (tertiary alicyclic amines) is 1. The van der Waals surface area contributed by atoms with Crippen LogP contribution in [0.4, 0.5) is 0 Å². The Kier molecular flexibility index (Phi) is 9.19. The molecule has 170 valence electrons. The molecule has 5 heteroatoms. The molecule has 1 atom stereocenters. The molecule has 1 aliphatic heterocycles. The Morgan fingerprint density at radius 2 is 1.84 bits per heavy atom. The molecule has 0 radical (unpaired) electrons. The largest absolute Gasteiger partial charge is 0.492 e. The van der Waals surface area contributed by atoms with Gasteiger partial charge in [-0.1, -0.05) is 36.2 Å². The molecule has 0 unspecified atom stereocenters. The van der Waals surface area contributed by atoms with Gasteiger partial charge in [-0.15, -0.1) is 0 Å². The van der Waals surface area contributed by atoms with Gasteiger partial charge in [-0.05, 0) is 76.2 Å². The van der Waals surface area contributed by atoms with Crippen LogP contribution in [-0.4, -0.2) is 67.5 Å². The molecule has 3 rings (SSSR count). The number of likely N-dealkylation sites (N-methyl/N-ethyl adjacent to an activating group) is 1. The van der Waals surface area contributed by atoms with Crippen LogP contribution in [0.2, 0.25) is 0 Å². The van der Waals surface area contributed by atoms with Crippen molar-refractivity contribution in [3.05, 3.63) is 59.2 Å². The maximum atomic E-state index is 10.4. The van der Waals surface area contributed by atoms with Crippen molar-refractivity contribution in [3.63, 3.8) is 0 Å². The van der Waals surface area contributed by atoms with Gasteiger partial charge in [-0.25, -0.2) is 0 Å². The minimum Gasteiger partial charge on any atom is -0.492 e. The predicted molar refractivity (Wildman–Crippen MR) is 126 cm³/mol. The Labute approximate surface area is 187 Å². The first kappa shape index (κ1) is 23.6. The number of hydrogen-bond acceptors (Lipinski definition) is 5. The van der Waals surface area contributed by atoms with Crippen LogP contribution < -0.4 is 9.47 Å². The van der Waals surface area contributed by atoms with Crippen molar-refractivity contribution in [1.29, 1.82) is 0 Å². The topological polar surface area (TPSA) is 45.2 Å². The van der Waals surface area contributed by atoms with Crippen LogP contribution in [0.5, 0.6) is 11.5 Å². The summed E-state index contributed by atoms with van der Waals surface area (Å²) in [5.74, 6) is 1.75. The Balaban J connectivity index is 1.39. The summed E-state index contributed by atoms with van der Waals surface area (Å²) in [6.07, 6.45) is 3.43. The normalized spacial score (nSPS) is 15.8. The van der Waals surface area contributed by atoms with E-state index in [1.807, 2.05) is 38.2 Å². The zero-order valence-corrected chi connectivity index (χ0v) is 19.3. The molecule has 5 nitrogen and oxygen atoms in total.